The Morgan fingerprint density at radius 3 is 2.52 bits per heavy atom. The molecule has 2 aromatic carbocycles. The molecule has 3 rings (SSSR count). The lowest BCUT2D eigenvalue weighted by Gasteiger charge is -2.24. The van der Waals surface area contributed by atoms with E-state index in [1.165, 1.54) is 25.1 Å². The Labute approximate surface area is 168 Å². The number of rotatable bonds is 4. The van der Waals surface area contributed by atoms with Crippen molar-refractivity contribution in [1.82, 2.24) is 4.90 Å². The van der Waals surface area contributed by atoms with Crippen molar-refractivity contribution in [3.05, 3.63) is 64.2 Å². The molecule has 0 aromatic heterocycles. The van der Waals surface area contributed by atoms with Crippen molar-refractivity contribution >= 4 is 11.6 Å². The van der Waals surface area contributed by atoms with Crippen molar-refractivity contribution in [2.45, 2.75) is 39.7 Å². The number of hydrogen-bond acceptors (Lipinski definition) is 3. The van der Waals surface area contributed by atoms with E-state index in [1.807, 2.05) is 36.4 Å². The Bertz CT molecular complexity index is 767. The van der Waals surface area contributed by atoms with E-state index in [9.17, 15) is 0 Å². The summed E-state index contributed by atoms with van der Waals surface area (Å²) in [5.74, 6) is 1.72. The van der Waals surface area contributed by atoms with E-state index in [2.05, 4.69) is 31.7 Å². The third kappa shape index (κ3) is 6.90. The first-order chi connectivity index (χ1) is 12.9. The zero-order valence-electron chi connectivity index (χ0n) is 16.7. The monoisotopic (exact) mass is 384 g/mol. The number of benzene rings is 2. The zero-order chi connectivity index (χ0) is 19.8. The molecule has 1 saturated heterocycles. The van der Waals surface area contributed by atoms with Gasteiger partial charge in [-0.2, -0.15) is 5.26 Å². The predicted molar refractivity (Wildman–Crippen MR) is 112 cm³/mol. The lowest BCUT2D eigenvalue weighted by atomic mass is 10.0. The number of hydrogen-bond donors (Lipinski definition) is 0. The van der Waals surface area contributed by atoms with Gasteiger partial charge in [-0.25, -0.2) is 0 Å². The molecule has 1 fully saturated rings. The van der Waals surface area contributed by atoms with Crippen molar-refractivity contribution in [3.63, 3.8) is 0 Å². The van der Waals surface area contributed by atoms with Crippen LogP contribution in [0.2, 0.25) is 5.02 Å². The molecule has 27 heavy (non-hydrogen) atoms. The van der Waals surface area contributed by atoms with Crippen LogP contribution in [0.15, 0.2) is 42.5 Å². The van der Waals surface area contributed by atoms with Crippen LogP contribution in [0.5, 0.6) is 5.75 Å². The van der Waals surface area contributed by atoms with Gasteiger partial charge in [-0.15, -0.1) is 0 Å². The SMILES string of the molecule is CC1CCN(C(C)Cc2cc(Cl)cc(C#N)c2)C1.COc1ccc(C)cc1. The Morgan fingerprint density at radius 2 is 1.96 bits per heavy atom. The van der Waals surface area contributed by atoms with E-state index in [1.54, 1.807) is 13.2 Å². The van der Waals surface area contributed by atoms with Gasteiger partial charge in [0.05, 0.1) is 18.7 Å². The molecule has 2 aromatic rings. The van der Waals surface area contributed by atoms with E-state index in [0.29, 0.717) is 16.6 Å². The maximum Gasteiger partial charge on any atom is 0.118 e. The first-order valence-electron chi connectivity index (χ1n) is 9.45. The zero-order valence-corrected chi connectivity index (χ0v) is 17.5. The summed E-state index contributed by atoms with van der Waals surface area (Å²) in [5.41, 5.74) is 3.07. The lowest BCUT2D eigenvalue weighted by Crippen LogP contribution is -2.32. The number of halogens is 1. The highest BCUT2D eigenvalue weighted by Gasteiger charge is 2.23. The third-order valence-corrected chi connectivity index (χ3v) is 5.17. The van der Waals surface area contributed by atoms with Gasteiger partial charge in [0.15, 0.2) is 0 Å². The molecule has 0 spiro atoms. The van der Waals surface area contributed by atoms with E-state index in [-0.39, 0.29) is 0 Å². The molecule has 1 heterocycles. The summed E-state index contributed by atoms with van der Waals surface area (Å²) >= 11 is 6.03. The van der Waals surface area contributed by atoms with Crippen LogP contribution in [0, 0.1) is 24.2 Å². The molecule has 4 heteroatoms. The highest BCUT2D eigenvalue weighted by Crippen LogP contribution is 2.21. The number of nitrogens with zero attached hydrogens (tertiary/aromatic N) is 2. The second-order valence-electron chi connectivity index (χ2n) is 7.42. The minimum absolute atomic E-state index is 0.514. The fraction of sp³-hybridized carbons (Fsp3) is 0.435. The van der Waals surface area contributed by atoms with Gasteiger partial charge in [-0.05, 0) is 75.0 Å². The van der Waals surface area contributed by atoms with Crippen LogP contribution < -0.4 is 4.74 Å². The number of ether oxygens (including phenoxy) is 1. The van der Waals surface area contributed by atoms with Gasteiger partial charge in [0.1, 0.15) is 5.75 Å². The van der Waals surface area contributed by atoms with Crippen LogP contribution in [0.25, 0.3) is 0 Å². The number of nitriles is 1. The maximum absolute atomic E-state index is 8.95. The fourth-order valence-corrected chi connectivity index (χ4v) is 3.60. The molecular weight excluding hydrogens is 356 g/mol. The highest BCUT2D eigenvalue weighted by atomic mass is 35.5. The summed E-state index contributed by atoms with van der Waals surface area (Å²) in [4.78, 5) is 2.53. The summed E-state index contributed by atoms with van der Waals surface area (Å²) in [5, 5.41) is 9.61. The summed E-state index contributed by atoms with van der Waals surface area (Å²) in [6, 6.07) is 16.3. The Hall–Kier alpha value is -2.02. The van der Waals surface area contributed by atoms with Crippen molar-refractivity contribution in [2.24, 2.45) is 5.92 Å². The molecule has 1 aliphatic heterocycles. The number of methoxy groups -OCH3 is 1. The molecule has 3 nitrogen and oxygen atoms in total. The van der Waals surface area contributed by atoms with Crippen LogP contribution in [0.4, 0.5) is 0 Å². The fourth-order valence-electron chi connectivity index (χ4n) is 3.35. The molecule has 0 saturated carbocycles. The van der Waals surface area contributed by atoms with Crippen LogP contribution in [-0.4, -0.2) is 31.1 Å². The minimum atomic E-state index is 0.514. The summed E-state index contributed by atoms with van der Waals surface area (Å²) in [7, 11) is 1.67. The van der Waals surface area contributed by atoms with Crippen LogP contribution in [0.1, 0.15) is 37.0 Å². The van der Waals surface area contributed by atoms with Crippen LogP contribution in [-0.2, 0) is 6.42 Å². The van der Waals surface area contributed by atoms with Crippen LogP contribution >= 0.6 is 11.6 Å². The second-order valence-corrected chi connectivity index (χ2v) is 7.86. The minimum Gasteiger partial charge on any atom is -0.497 e. The molecule has 0 N–H and O–H groups in total. The maximum atomic E-state index is 8.95. The van der Waals surface area contributed by atoms with Crippen molar-refractivity contribution < 1.29 is 4.74 Å². The van der Waals surface area contributed by atoms with Gasteiger partial charge in [0.2, 0.25) is 0 Å². The molecule has 0 aliphatic carbocycles. The highest BCUT2D eigenvalue weighted by molar-refractivity contribution is 6.30. The molecule has 0 radical (unpaired) electrons. The molecule has 0 bridgehead atoms. The van der Waals surface area contributed by atoms with Gasteiger partial charge in [0.25, 0.3) is 0 Å². The summed E-state index contributed by atoms with van der Waals surface area (Å²) < 4.78 is 4.97. The average Bonchev–Trinajstić information content (AvgIpc) is 3.09. The van der Waals surface area contributed by atoms with E-state index < -0.39 is 0 Å². The number of aryl methyl sites for hydroxylation is 1. The van der Waals surface area contributed by atoms with Gasteiger partial charge in [-0.3, -0.25) is 0 Å². The first kappa shape index (κ1) is 21.3. The molecule has 1 aliphatic rings. The molecule has 2 atom stereocenters. The summed E-state index contributed by atoms with van der Waals surface area (Å²) in [6.45, 7) is 8.99. The Morgan fingerprint density at radius 1 is 1.26 bits per heavy atom. The van der Waals surface area contributed by atoms with Crippen molar-refractivity contribution in [2.75, 3.05) is 20.2 Å². The van der Waals surface area contributed by atoms with Gasteiger partial charge >= 0.3 is 0 Å². The van der Waals surface area contributed by atoms with E-state index >= 15 is 0 Å². The smallest absolute Gasteiger partial charge is 0.118 e. The molecule has 0 amide bonds. The average molecular weight is 385 g/mol. The summed E-state index contributed by atoms with van der Waals surface area (Å²) in [6.07, 6.45) is 2.26. The molecule has 2 unspecified atom stereocenters. The third-order valence-electron chi connectivity index (χ3n) is 4.95. The Balaban J connectivity index is 0.000000244. The first-order valence-corrected chi connectivity index (χ1v) is 9.83. The largest absolute Gasteiger partial charge is 0.497 e. The van der Waals surface area contributed by atoms with Crippen molar-refractivity contribution in [3.8, 4) is 11.8 Å². The van der Waals surface area contributed by atoms with Gasteiger partial charge in [0, 0.05) is 17.6 Å². The lowest BCUT2D eigenvalue weighted by molar-refractivity contribution is 0.250. The topological polar surface area (TPSA) is 36.3 Å². The van der Waals surface area contributed by atoms with E-state index in [4.69, 9.17) is 21.6 Å². The van der Waals surface area contributed by atoms with Gasteiger partial charge in [-0.1, -0.05) is 36.2 Å². The second kappa shape index (κ2) is 10.3. The predicted octanol–water partition coefficient (Wildman–Crippen LogP) is 5.49. The quantitative estimate of drug-likeness (QED) is 0.699. The Kier molecular flexibility index (Phi) is 8.16. The standard InChI is InChI=1S/C15H19ClN2.C8H10O/c1-11-3-4-18(10-11)12(2)5-13-6-14(9-17)8-15(16)7-13;1-7-3-5-8(9-2)6-4-7/h6-8,11-12H,3-5,10H2,1-2H3;3-6H,1-2H3. The number of likely N-dealkylation sites (tertiary alicyclic amines) is 1. The van der Waals surface area contributed by atoms with Gasteiger partial charge < -0.3 is 9.64 Å². The van der Waals surface area contributed by atoms with E-state index in [0.717, 1.165) is 23.7 Å². The van der Waals surface area contributed by atoms with Crippen molar-refractivity contribution in [1.29, 1.82) is 5.26 Å². The molecule has 144 valence electrons. The molecular formula is C23H29ClN2O. The van der Waals surface area contributed by atoms with Crippen LogP contribution in [0.3, 0.4) is 0 Å². The normalized spacial score (nSPS) is 17.6.